The molecule has 0 fully saturated rings. The van der Waals surface area contributed by atoms with E-state index in [9.17, 15) is 13.2 Å². The topological polar surface area (TPSA) is 66.5 Å². The molecule has 0 aliphatic heterocycles. The summed E-state index contributed by atoms with van der Waals surface area (Å²) >= 11 is 0. The van der Waals surface area contributed by atoms with Crippen LogP contribution in [0.1, 0.15) is 25.8 Å². The van der Waals surface area contributed by atoms with E-state index in [1.165, 1.54) is 0 Å². The number of benzene rings is 1. The number of amides is 1. The van der Waals surface area contributed by atoms with Crippen LogP contribution in [-0.2, 0) is 21.2 Å². The molecule has 0 bridgehead atoms. The van der Waals surface area contributed by atoms with Crippen LogP contribution in [0.5, 0.6) is 0 Å². The minimum absolute atomic E-state index is 0.0351. The maximum absolute atomic E-state index is 11.8. The standard InChI is InChI=1S/C15H24N2O3S/c1-3-17(4-2)15(18)13-16-21(19,20)12-8-11-14-9-6-5-7-10-14/h5-7,9-10,16H,3-4,8,11-13H2,1-2H3. The lowest BCUT2D eigenvalue weighted by Crippen LogP contribution is -2.40. The molecule has 1 aromatic rings. The summed E-state index contributed by atoms with van der Waals surface area (Å²) in [4.78, 5) is 13.3. The third-order valence-electron chi connectivity index (χ3n) is 3.28. The summed E-state index contributed by atoms with van der Waals surface area (Å²) in [6, 6.07) is 9.75. The van der Waals surface area contributed by atoms with Crippen LogP contribution in [0, 0.1) is 0 Å². The fourth-order valence-electron chi connectivity index (χ4n) is 2.04. The fraction of sp³-hybridized carbons (Fsp3) is 0.533. The zero-order chi connectivity index (χ0) is 15.7. The van der Waals surface area contributed by atoms with E-state index < -0.39 is 10.0 Å². The smallest absolute Gasteiger partial charge is 0.237 e. The minimum Gasteiger partial charge on any atom is -0.342 e. The molecule has 0 unspecified atom stereocenters. The number of nitrogens with one attached hydrogen (secondary N) is 1. The van der Waals surface area contributed by atoms with E-state index in [0.717, 1.165) is 5.56 Å². The molecule has 0 aliphatic carbocycles. The van der Waals surface area contributed by atoms with Gasteiger partial charge in [0.2, 0.25) is 15.9 Å². The Labute approximate surface area is 127 Å². The van der Waals surface area contributed by atoms with Crippen molar-refractivity contribution in [2.24, 2.45) is 0 Å². The second-order valence-corrected chi connectivity index (χ2v) is 6.72. The molecular formula is C15H24N2O3S. The van der Waals surface area contributed by atoms with Crippen LogP contribution in [0.2, 0.25) is 0 Å². The van der Waals surface area contributed by atoms with Gasteiger partial charge in [0.1, 0.15) is 0 Å². The molecule has 0 aromatic heterocycles. The molecule has 1 aromatic carbocycles. The monoisotopic (exact) mass is 312 g/mol. The first-order chi connectivity index (χ1) is 9.98. The first kappa shape index (κ1) is 17.7. The van der Waals surface area contributed by atoms with E-state index in [2.05, 4.69) is 4.72 Å². The van der Waals surface area contributed by atoms with Crippen molar-refractivity contribution in [1.29, 1.82) is 0 Å². The Balaban J connectivity index is 2.35. The van der Waals surface area contributed by atoms with Gasteiger partial charge in [-0.1, -0.05) is 30.3 Å². The summed E-state index contributed by atoms with van der Waals surface area (Å²) in [6.07, 6.45) is 1.25. The predicted molar refractivity (Wildman–Crippen MR) is 84.5 cm³/mol. The van der Waals surface area contributed by atoms with Crippen molar-refractivity contribution in [3.63, 3.8) is 0 Å². The highest BCUT2D eigenvalue weighted by Gasteiger charge is 2.15. The average Bonchev–Trinajstić information content (AvgIpc) is 2.47. The Morgan fingerprint density at radius 2 is 1.76 bits per heavy atom. The molecule has 0 radical (unpaired) electrons. The lowest BCUT2D eigenvalue weighted by molar-refractivity contribution is -0.129. The Bertz CT molecular complexity index is 525. The normalized spacial score (nSPS) is 11.3. The molecule has 0 saturated carbocycles. The number of aryl methyl sites for hydroxylation is 1. The first-order valence-electron chi connectivity index (χ1n) is 7.27. The van der Waals surface area contributed by atoms with E-state index in [-0.39, 0.29) is 18.2 Å². The molecule has 5 nitrogen and oxygen atoms in total. The van der Waals surface area contributed by atoms with Crippen LogP contribution in [0.4, 0.5) is 0 Å². The lowest BCUT2D eigenvalue weighted by atomic mass is 10.1. The maximum atomic E-state index is 11.8. The summed E-state index contributed by atoms with van der Waals surface area (Å²) in [7, 11) is -3.39. The highest BCUT2D eigenvalue weighted by atomic mass is 32.2. The van der Waals surface area contributed by atoms with Crippen LogP contribution < -0.4 is 4.72 Å². The van der Waals surface area contributed by atoms with Gasteiger partial charge < -0.3 is 4.90 Å². The van der Waals surface area contributed by atoms with Crippen molar-refractivity contribution < 1.29 is 13.2 Å². The van der Waals surface area contributed by atoms with Gasteiger partial charge in [-0.2, -0.15) is 0 Å². The Morgan fingerprint density at radius 1 is 1.14 bits per heavy atom. The zero-order valence-corrected chi connectivity index (χ0v) is 13.5. The van der Waals surface area contributed by atoms with Crippen LogP contribution in [-0.4, -0.2) is 44.6 Å². The molecule has 0 aliphatic rings. The number of hydrogen-bond donors (Lipinski definition) is 1. The molecule has 1 rings (SSSR count). The fourth-order valence-corrected chi connectivity index (χ4v) is 3.06. The van der Waals surface area contributed by atoms with Crippen LogP contribution in [0.25, 0.3) is 0 Å². The third-order valence-corrected chi connectivity index (χ3v) is 4.69. The zero-order valence-electron chi connectivity index (χ0n) is 12.7. The second-order valence-electron chi connectivity index (χ2n) is 4.80. The van der Waals surface area contributed by atoms with E-state index in [1.54, 1.807) is 4.90 Å². The van der Waals surface area contributed by atoms with Crippen molar-refractivity contribution in [2.75, 3.05) is 25.4 Å². The summed E-state index contributed by atoms with van der Waals surface area (Å²) in [5.41, 5.74) is 1.12. The van der Waals surface area contributed by atoms with Crippen molar-refractivity contribution in [1.82, 2.24) is 9.62 Å². The number of rotatable bonds is 9. The number of hydrogen-bond acceptors (Lipinski definition) is 3. The maximum Gasteiger partial charge on any atom is 0.237 e. The van der Waals surface area contributed by atoms with Gasteiger partial charge >= 0.3 is 0 Å². The minimum atomic E-state index is -3.39. The summed E-state index contributed by atoms with van der Waals surface area (Å²) in [5, 5.41) is 0. The number of carbonyl (C=O) groups excluding carboxylic acids is 1. The number of carbonyl (C=O) groups is 1. The van der Waals surface area contributed by atoms with Crippen LogP contribution in [0.3, 0.4) is 0 Å². The molecule has 0 atom stereocenters. The van der Waals surface area contributed by atoms with E-state index in [1.807, 2.05) is 44.2 Å². The van der Waals surface area contributed by atoms with Gasteiger partial charge in [-0.15, -0.1) is 0 Å². The molecule has 0 heterocycles. The van der Waals surface area contributed by atoms with E-state index in [4.69, 9.17) is 0 Å². The summed E-state index contributed by atoms with van der Waals surface area (Å²) in [5.74, 6) is -0.153. The highest BCUT2D eigenvalue weighted by Crippen LogP contribution is 2.03. The van der Waals surface area contributed by atoms with Gasteiger partial charge in [0.05, 0.1) is 12.3 Å². The molecule has 118 valence electrons. The second kappa shape index (κ2) is 8.79. The van der Waals surface area contributed by atoms with Gasteiger partial charge in [-0.05, 0) is 32.3 Å². The van der Waals surface area contributed by atoms with Crippen LogP contribution >= 0.6 is 0 Å². The van der Waals surface area contributed by atoms with Gasteiger partial charge in [0.15, 0.2) is 0 Å². The number of likely N-dealkylation sites (N-methyl/N-ethyl adjacent to an activating group) is 1. The summed E-state index contributed by atoms with van der Waals surface area (Å²) in [6.45, 7) is 4.76. The van der Waals surface area contributed by atoms with Gasteiger partial charge in [0, 0.05) is 13.1 Å². The Hall–Kier alpha value is -1.40. The molecular weight excluding hydrogens is 288 g/mol. The van der Waals surface area contributed by atoms with Crippen molar-refractivity contribution in [3.05, 3.63) is 35.9 Å². The van der Waals surface area contributed by atoms with Gasteiger partial charge in [-0.3, -0.25) is 4.79 Å². The molecule has 1 N–H and O–H groups in total. The van der Waals surface area contributed by atoms with E-state index >= 15 is 0 Å². The lowest BCUT2D eigenvalue weighted by Gasteiger charge is -2.18. The van der Waals surface area contributed by atoms with Gasteiger partial charge in [0.25, 0.3) is 0 Å². The Kier molecular flexibility index (Phi) is 7.39. The largest absolute Gasteiger partial charge is 0.342 e. The van der Waals surface area contributed by atoms with Crippen molar-refractivity contribution in [2.45, 2.75) is 26.7 Å². The average molecular weight is 312 g/mol. The molecule has 6 heteroatoms. The van der Waals surface area contributed by atoms with Crippen molar-refractivity contribution >= 4 is 15.9 Å². The number of sulfonamides is 1. The quantitative estimate of drug-likeness (QED) is 0.749. The van der Waals surface area contributed by atoms with Crippen molar-refractivity contribution in [3.8, 4) is 0 Å². The summed E-state index contributed by atoms with van der Waals surface area (Å²) < 4.78 is 26.1. The third kappa shape index (κ3) is 6.73. The molecule has 1 amide bonds. The van der Waals surface area contributed by atoms with Crippen LogP contribution in [0.15, 0.2) is 30.3 Å². The van der Waals surface area contributed by atoms with E-state index in [0.29, 0.717) is 25.9 Å². The first-order valence-corrected chi connectivity index (χ1v) is 8.92. The van der Waals surface area contributed by atoms with Gasteiger partial charge in [-0.25, -0.2) is 13.1 Å². The molecule has 0 spiro atoms. The molecule has 21 heavy (non-hydrogen) atoms. The molecule has 0 saturated heterocycles. The number of nitrogens with zero attached hydrogens (tertiary/aromatic N) is 1. The predicted octanol–water partition coefficient (Wildman–Crippen LogP) is 1.41. The SMILES string of the molecule is CCN(CC)C(=O)CNS(=O)(=O)CCCc1ccccc1. The highest BCUT2D eigenvalue weighted by molar-refractivity contribution is 7.89. The Morgan fingerprint density at radius 3 is 2.33 bits per heavy atom.